The van der Waals surface area contributed by atoms with E-state index in [4.69, 9.17) is 4.74 Å². The van der Waals surface area contributed by atoms with Crippen molar-refractivity contribution in [1.82, 2.24) is 0 Å². The quantitative estimate of drug-likeness (QED) is 0.560. The molecule has 0 N–H and O–H groups in total. The maximum Gasteiger partial charge on any atom is 0.309 e. The molecule has 0 spiro atoms. The molecule has 17 heavy (non-hydrogen) atoms. The van der Waals surface area contributed by atoms with Crippen molar-refractivity contribution in [2.45, 2.75) is 19.8 Å². The van der Waals surface area contributed by atoms with Crippen LogP contribution in [-0.2, 0) is 16.0 Å². The molecule has 0 aliphatic carbocycles. The van der Waals surface area contributed by atoms with E-state index in [1.165, 1.54) is 12.1 Å². The first-order valence-electron chi connectivity index (χ1n) is 5.69. The fraction of sp³-hybridized carbons (Fsp3) is 0.357. The lowest BCUT2D eigenvalue weighted by atomic mass is 9.96. The fourth-order valence-electron chi connectivity index (χ4n) is 1.63. The van der Waals surface area contributed by atoms with Gasteiger partial charge in [-0.2, -0.15) is 0 Å². The number of carbonyl (C=O) groups is 1. The number of allylic oxidation sites excluding steroid dienone is 1. The fourth-order valence-corrected chi connectivity index (χ4v) is 1.63. The van der Waals surface area contributed by atoms with Crippen LogP contribution in [0.15, 0.2) is 36.9 Å². The Balaban J connectivity index is 2.68. The summed E-state index contributed by atoms with van der Waals surface area (Å²) < 4.78 is 17.7. The second-order valence-corrected chi connectivity index (χ2v) is 3.80. The second-order valence-electron chi connectivity index (χ2n) is 3.80. The van der Waals surface area contributed by atoms with E-state index in [0.29, 0.717) is 19.4 Å². The summed E-state index contributed by atoms with van der Waals surface area (Å²) in [6, 6.07) is 6.16. The van der Waals surface area contributed by atoms with Crippen LogP contribution < -0.4 is 0 Å². The number of hydrogen-bond donors (Lipinski definition) is 0. The lowest BCUT2D eigenvalue weighted by Gasteiger charge is -2.13. The van der Waals surface area contributed by atoms with Gasteiger partial charge in [-0.15, -0.1) is 6.58 Å². The average molecular weight is 236 g/mol. The monoisotopic (exact) mass is 236 g/mol. The maximum absolute atomic E-state index is 12.7. The average Bonchev–Trinajstić information content (AvgIpc) is 2.31. The Morgan fingerprint density at radius 2 is 2.12 bits per heavy atom. The van der Waals surface area contributed by atoms with Gasteiger partial charge in [-0.05, 0) is 37.5 Å². The highest BCUT2D eigenvalue weighted by molar-refractivity contribution is 5.73. The van der Waals surface area contributed by atoms with Crippen LogP contribution in [0.2, 0.25) is 0 Å². The van der Waals surface area contributed by atoms with E-state index < -0.39 is 0 Å². The van der Waals surface area contributed by atoms with Crippen LogP contribution in [0.4, 0.5) is 4.39 Å². The van der Waals surface area contributed by atoms with Crippen LogP contribution in [-0.4, -0.2) is 12.6 Å². The molecule has 3 heteroatoms. The predicted octanol–water partition coefficient (Wildman–Crippen LogP) is 3.12. The van der Waals surface area contributed by atoms with Gasteiger partial charge < -0.3 is 4.74 Å². The van der Waals surface area contributed by atoms with Gasteiger partial charge in [0, 0.05) is 0 Å². The van der Waals surface area contributed by atoms with E-state index in [1.807, 2.05) is 0 Å². The summed E-state index contributed by atoms with van der Waals surface area (Å²) in [5, 5.41) is 0. The largest absolute Gasteiger partial charge is 0.466 e. The summed E-state index contributed by atoms with van der Waals surface area (Å²) in [6.45, 7) is 5.78. The van der Waals surface area contributed by atoms with Crippen molar-refractivity contribution >= 4 is 5.97 Å². The zero-order chi connectivity index (χ0) is 12.7. The molecule has 1 rings (SSSR count). The van der Waals surface area contributed by atoms with Gasteiger partial charge in [-0.3, -0.25) is 4.79 Å². The molecular weight excluding hydrogens is 219 g/mol. The van der Waals surface area contributed by atoms with Crippen LogP contribution in [0, 0.1) is 11.7 Å². The highest BCUT2D eigenvalue weighted by Crippen LogP contribution is 2.15. The lowest BCUT2D eigenvalue weighted by molar-refractivity contribution is -0.147. The minimum Gasteiger partial charge on any atom is -0.466 e. The number of hydrogen-bond acceptors (Lipinski definition) is 2. The molecule has 0 heterocycles. The van der Waals surface area contributed by atoms with Gasteiger partial charge in [0.15, 0.2) is 0 Å². The van der Waals surface area contributed by atoms with Crippen molar-refractivity contribution in [3.05, 3.63) is 48.3 Å². The second kappa shape index (κ2) is 6.84. The van der Waals surface area contributed by atoms with E-state index in [9.17, 15) is 9.18 Å². The SMILES string of the molecule is C=CC[C@@H](Cc1ccc(F)cc1)C(=O)OCC. The van der Waals surface area contributed by atoms with Gasteiger partial charge in [0.25, 0.3) is 0 Å². The molecule has 0 saturated heterocycles. The Hall–Kier alpha value is -1.64. The lowest BCUT2D eigenvalue weighted by Crippen LogP contribution is -2.19. The van der Waals surface area contributed by atoms with Crippen LogP contribution >= 0.6 is 0 Å². The summed E-state index contributed by atoms with van der Waals surface area (Å²) in [4.78, 5) is 11.7. The Labute approximate surface area is 101 Å². The van der Waals surface area contributed by atoms with Gasteiger partial charge >= 0.3 is 5.97 Å². The minimum absolute atomic E-state index is 0.225. The molecule has 92 valence electrons. The Morgan fingerprint density at radius 1 is 1.47 bits per heavy atom. The molecule has 0 aromatic heterocycles. The normalized spacial score (nSPS) is 11.9. The number of carbonyl (C=O) groups excluding carboxylic acids is 1. The standard InChI is InChI=1S/C14H17FO2/c1-3-5-12(14(16)17-4-2)10-11-6-8-13(15)9-7-11/h3,6-9,12H,1,4-5,10H2,2H3/t12-/m0/s1. The van der Waals surface area contributed by atoms with Crippen molar-refractivity contribution in [1.29, 1.82) is 0 Å². The summed E-state index contributed by atoms with van der Waals surface area (Å²) >= 11 is 0. The highest BCUT2D eigenvalue weighted by atomic mass is 19.1. The molecule has 0 fully saturated rings. The number of rotatable bonds is 6. The number of benzene rings is 1. The van der Waals surface area contributed by atoms with Crippen LogP contribution in [0.1, 0.15) is 18.9 Å². The van der Waals surface area contributed by atoms with Crippen molar-refractivity contribution in [3.8, 4) is 0 Å². The number of halogens is 1. The third-order valence-corrected chi connectivity index (χ3v) is 2.47. The molecule has 0 bridgehead atoms. The van der Waals surface area contributed by atoms with Crippen LogP contribution in [0.3, 0.4) is 0 Å². The van der Waals surface area contributed by atoms with E-state index in [2.05, 4.69) is 6.58 Å². The molecule has 1 aromatic rings. The van der Waals surface area contributed by atoms with E-state index in [1.54, 1.807) is 25.1 Å². The third kappa shape index (κ3) is 4.39. The zero-order valence-electron chi connectivity index (χ0n) is 9.99. The third-order valence-electron chi connectivity index (χ3n) is 2.47. The molecular formula is C14H17FO2. The Morgan fingerprint density at radius 3 is 2.65 bits per heavy atom. The topological polar surface area (TPSA) is 26.3 Å². The molecule has 0 unspecified atom stereocenters. The summed E-state index contributed by atoms with van der Waals surface area (Å²) in [6.07, 6.45) is 2.81. The van der Waals surface area contributed by atoms with Gasteiger partial charge in [0.1, 0.15) is 5.82 Å². The Bertz CT molecular complexity index is 370. The summed E-state index contributed by atoms with van der Waals surface area (Å²) in [5.74, 6) is -0.736. The van der Waals surface area contributed by atoms with Gasteiger partial charge in [0.2, 0.25) is 0 Å². The summed E-state index contributed by atoms with van der Waals surface area (Å²) in [5.41, 5.74) is 0.923. The molecule has 0 aliphatic rings. The first-order chi connectivity index (χ1) is 8.17. The molecule has 1 atom stereocenters. The van der Waals surface area contributed by atoms with Gasteiger partial charge in [-0.25, -0.2) is 4.39 Å². The minimum atomic E-state index is -0.273. The number of ether oxygens (including phenoxy) is 1. The molecule has 0 aliphatic heterocycles. The summed E-state index contributed by atoms with van der Waals surface area (Å²) in [7, 11) is 0. The van der Waals surface area contributed by atoms with Gasteiger partial charge in [-0.1, -0.05) is 18.2 Å². The van der Waals surface area contributed by atoms with Crippen LogP contribution in [0.25, 0.3) is 0 Å². The molecule has 2 nitrogen and oxygen atoms in total. The molecule has 0 saturated carbocycles. The smallest absolute Gasteiger partial charge is 0.309 e. The molecule has 0 amide bonds. The zero-order valence-corrected chi connectivity index (χ0v) is 9.99. The first-order valence-corrected chi connectivity index (χ1v) is 5.69. The van der Waals surface area contributed by atoms with Crippen molar-refractivity contribution in [2.24, 2.45) is 5.92 Å². The van der Waals surface area contributed by atoms with Crippen LogP contribution in [0.5, 0.6) is 0 Å². The van der Waals surface area contributed by atoms with E-state index >= 15 is 0 Å². The predicted molar refractivity (Wildman–Crippen MR) is 65.0 cm³/mol. The maximum atomic E-state index is 12.7. The first kappa shape index (κ1) is 13.4. The number of esters is 1. The highest BCUT2D eigenvalue weighted by Gasteiger charge is 2.18. The van der Waals surface area contributed by atoms with E-state index in [0.717, 1.165) is 5.56 Å². The van der Waals surface area contributed by atoms with Crippen molar-refractivity contribution in [3.63, 3.8) is 0 Å². The van der Waals surface area contributed by atoms with E-state index in [-0.39, 0.29) is 17.7 Å². The van der Waals surface area contributed by atoms with Crippen molar-refractivity contribution < 1.29 is 13.9 Å². The molecule has 0 radical (unpaired) electrons. The molecule has 1 aromatic carbocycles. The van der Waals surface area contributed by atoms with Crippen molar-refractivity contribution in [2.75, 3.05) is 6.61 Å². The Kier molecular flexibility index (Phi) is 5.40. The van der Waals surface area contributed by atoms with Gasteiger partial charge in [0.05, 0.1) is 12.5 Å².